The van der Waals surface area contributed by atoms with Crippen LogP contribution in [0.2, 0.25) is 0 Å². The van der Waals surface area contributed by atoms with E-state index < -0.39 is 5.60 Å². The van der Waals surface area contributed by atoms with Crippen LogP contribution in [0.25, 0.3) is 10.9 Å². The van der Waals surface area contributed by atoms with Crippen LogP contribution in [0.15, 0.2) is 53.3 Å². The predicted molar refractivity (Wildman–Crippen MR) is 135 cm³/mol. The Morgan fingerprint density at radius 1 is 1.09 bits per heavy atom. The number of pyridine rings is 1. The summed E-state index contributed by atoms with van der Waals surface area (Å²) >= 11 is 0. The number of nitrogens with zero attached hydrogens (tertiary/aromatic N) is 1. The molecule has 1 aromatic heterocycles. The van der Waals surface area contributed by atoms with Crippen LogP contribution in [0.4, 0.5) is 10.5 Å². The number of aromatic hydroxyl groups is 1. The summed E-state index contributed by atoms with van der Waals surface area (Å²) in [5, 5.41) is 10.9. The van der Waals surface area contributed by atoms with Crippen molar-refractivity contribution in [2.24, 2.45) is 0 Å². The molecule has 0 fully saturated rings. The summed E-state index contributed by atoms with van der Waals surface area (Å²) in [6.45, 7) is 6.44. The molecule has 0 saturated heterocycles. The van der Waals surface area contributed by atoms with Gasteiger partial charge in [0.2, 0.25) is 5.56 Å². The molecule has 0 saturated carbocycles. The summed E-state index contributed by atoms with van der Waals surface area (Å²) < 4.78 is 5.60. The van der Waals surface area contributed by atoms with Crippen LogP contribution in [0.1, 0.15) is 44.7 Å². The van der Waals surface area contributed by atoms with Crippen molar-refractivity contribution in [2.75, 3.05) is 18.8 Å². The van der Waals surface area contributed by atoms with Gasteiger partial charge in [-0.15, -0.1) is 0 Å². The highest BCUT2D eigenvalue weighted by Crippen LogP contribution is 2.25. The van der Waals surface area contributed by atoms with Crippen molar-refractivity contribution in [3.8, 4) is 17.6 Å². The van der Waals surface area contributed by atoms with Crippen molar-refractivity contribution >= 4 is 22.7 Å². The molecule has 7 heteroatoms. The molecular weight excluding hydrogens is 430 g/mol. The highest BCUT2D eigenvalue weighted by molar-refractivity contribution is 5.87. The number of aromatic nitrogens is 1. The maximum Gasteiger partial charge on any atom is 0.410 e. The van der Waals surface area contributed by atoms with Crippen molar-refractivity contribution in [2.45, 2.75) is 45.6 Å². The molecule has 0 unspecified atom stereocenters. The second kappa shape index (κ2) is 10.8. The molecule has 3 rings (SSSR count). The first-order valence-electron chi connectivity index (χ1n) is 11.3. The van der Waals surface area contributed by atoms with E-state index in [0.717, 1.165) is 16.5 Å². The monoisotopic (exact) mass is 461 g/mol. The number of H-pyrrole nitrogens is 1. The van der Waals surface area contributed by atoms with Crippen LogP contribution in [-0.4, -0.2) is 39.8 Å². The van der Waals surface area contributed by atoms with E-state index in [-0.39, 0.29) is 17.4 Å². The van der Waals surface area contributed by atoms with Crippen LogP contribution >= 0.6 is 0 Å². The number of carbonyl (C=O) groups is 1. The number of hydrogen-bond acceptors (Lipinski definition) is 5. The van der Waals surface area contributed by atoms with E-state index in [4.69, 9.17) is 10.5 Å². The number of amides is 1. The average Bonchev–Trinajstić information content (AvgIpc) is 2.77. The van der Waals surface area contributed by atoms with Gasteiger partial charge in [0, 0.05) is 42.2 Å². The zero-order valence-electron chi connectivity index (χ0n) is 19.9. The van der Waals surface area contributed by atoms with Crippen molar-refractivity contribution in [3.05, 3.63) is 70.0 Å². The Balaban J connectivity index is 1.68. The quantitative estimate of drug-likeness (QED) is 0.286. The van der Waals surface area contributed by atoms with Crippen molar-refractivity contribution in [1.29, 1.82) is 0 Å². The second-order valence-electron chi connectivity index (χ2n) is 9.10. The molecule has 0 aliphatic heterocycles. The van der Waals surface area contributed by atoms with Gasteiger partial charge in [-0.3, -0.25) is 4.79 Å². The van der Waals surface area contributed by atoms with Gasteiger partial charge >= 0.3 is 6.09 Å². The topological polar surface area (TPSA) is 109 Å². The minimum Gasteiger partial charge on any atom is -0.506 e. The lowest BCUT2D eigenvalue weighted by Crippen LogP contribution is -2.38. The lowest BCUT2D eigenvalue weighted by atomic mass is 10.0. The van der Waals surface area contributed by atoms with Crippen LogP contribution in [0, 0.1) is 11.8 Å². The predicted octanol–water partition coefficient (Wildman–Crippen LogP) is 4.43. The lowest BCUT2D eigenvalue weighted by molar-refractivity contribution is 0.0250. The largest absolute Gasteiger partial charge is 0.506 e. The molecule has 1 heterocycles. The number of nitrogen functional groups attached to an aromatic ring is 1. The van der Waals surface area contributed by atoms with Gasteiger partial charge in [-0.05, 0) is 75.6 Å². The standard InChI is InChI=1S/C27H31N3O4/c1-27(2,3)34-26(33)30(17-6-4-5-7-19-8-11-21(28)12-9-19)18-16-20-10-14-23(31)25-22(20)13-15-24(32)29-25/h8-15,31H,4,6,16-18,28H2,1-3H3,(H,29,32). The SMILES string of the molecule is CC(C)(C)OC(=O)N(CCCC#Cc1ccc(N)cc1)CCc1ccc(O)c2[nH]c(=O)ccc12. The van der Waals surface area contributed by atoms with Gasteiger partial charge in [-0.1, -0.05) is 17.9 Å². The second-order valence-corrected chi connectivity index (χ2v) is 9.10. The number of phenolic OH excluding ortho intramolecular Hbond substituents is 1. The summed E-state index contributed by atoms with van der Waals surface area (Å²) in [6, 6.07) is 13.9. The maximum absolute atomic E-state index is 12.8. The third-order valence-electron chi connectivity index (χ3n) is 5.14. The number of fused-ring (bicyclic) bond motifs is 1. The minimum absolute atomic E-state index is 0.0140. The normalized spacial score (nSPS) is 11.0. The Morgan fingerprint density at radius 3 is 2.53 bits per heavy atom. The molecule has 0 aliphatic carbocycles. The number of hydrogen-bond donors (Lipinski definition) is 3. The molecule has 1 amide bonds. The van der Waals surface area contributed by atoms with E-state index in [2.05, 4.69) is 16.8 Å². The van der Waals surface area contributed by atoms with Crippen molar-refractivity contribution in [3.63, 3.8) is 0 Å². The van der Waals surface area contributed by atoms with Gasteiger partial charge in [-0.2, -0.15) is 0 Å². The van der Waals surface area contributed by atoms with Gasteiger partial charge < -0.3 is 25.5 Å². The fraction of sp³-hybridized carbons (Fsp3) is 0.333. The number of aromatic amines is 1. The lowest BCUT2D eigenvalue weighted by Gasteiger charge is -2.27. The maximum atomic E-state index is 12.8. The van der Waals surface area contributed by atoms with E-state index >= 15 is 0 Å². The molecule has 7 nitrogen and oxygen atoms in total. The number of anilines is 1. The molecule has 0 atom stereocenters. The van der Waals surface area contributed by atoms with E-state index in [1.807, 2.05) is 45.0 Å². The molecule has 0 radical (unpaired) electrons. The number of benzene rings is 2. The van der Waals surface area contributed by atoms with Gasteiger partial charge in [0.05, 0.1) is 5.52 Å². The zero-order valence-corrected chi connectivity index (χ0v) is 19.9. The van der Waals surface area contributed by atoms with Gasteiger partial charge in [0.1, 0.15) is 11.4 Å². The van der Waals surface area contributed by atoms with Crippen LogP contribution < -0.4 is 11.3 Å². The minimum atomic E-state index is -0.602. The van der Waals surface area contributed by atoms with Crippen LogP contribution in [0.5, 0.6) is 5.75 Å². The summed E-state index contributed by atoms with van der Waals surface area (Å²) in [5.74, 6) is 6.26. The average molecular weight is 462 g/mol. The van der Waals surface area contributed by atoms with Crippen molar-refractivity contribution in [1.82, 2.24) is 9.88 Å². The van der Waals surface area contributed by atoms with E-state index in [1.54, 1.807) is 23.1 Å². The fourth-order valence-corrected chi connectivity index (χ4v) is 3.48. The molecule has 2 aromatic carbocycles. The Bertz CT molecular complexity index is 1260. The number of carbonyl (C=O) groups excluding carboxylic acids is 1. The number of nitrogens with one attached hydrogen (secondary N) is 1. The van der Waals surface area contributed by atoms with E-state index in [9.17, 15) is 14.7 Å². The van der Waals surface area contributed by atoms with Crippen LogP contribution in [0.3, 0.4) is 0 Å². The molecular formula is C27H31N3O4. The summed E-state index contributed by atoms with van der Waals surface area (Å²) in [5.41, 5.74) is 7.73. The van der Waals surface area contributed by atoms with Crippen LogP contribution in [-0.2, 0) is 11.2 Å². The number of nitrogens with two attached hydrogens (primary N) is 1. The third kappa shape index (κ3) is 7.04. The molecule has 0 aliphatic rings. The smallest absolute Gasteiger partial charge is 0.410 e. The molecule has 4 N–H and O–H groups in total. The Hall–Kier alpha value is -3.92. The first-order chi connectivity index (χ1) is 16.1. The van der Waals surface area contributed by atoms with E-state index in [0.29, 0.717) is 43.6 Å². The number of phenols is 1. The van der Waals surface area contributed by atoms with Gasteiger partial charge in [0.25, 0.3) is 0 Å². The Morgan fingerprint density at radius 2 is 1.82 bits per heavy atom. The Labute approximate surface area is 199 Å². The molecule has 0 bridgehead atoms. The highest BCUT2D eigenvalue weighted by atomic mass is 16.6. The molecule has 178 valence electrons. The van der Waals surface area contributed by atoms with Crippen molar-refractivity contribution < 1.29 is 14.6 Å². The first kappa shape index (κ1) is 24.7. The summed E-state index contributed by atoms with van der Waals surface area (Å²) in [7, 11) is 0. The Kier molecular flexibility index (Phi) is 7.85. The van der Waals surface area contributed by atoms with E-state index in [1.165, 1.54) is 6.07 Å². The highest BCUT2D eigenvalue weighted by Gasteiger charge is 2.22. The summed E-state index contributed by atoms with van der Waals surface area (Å²) in [4.78, 5) is 28.8. The number of ether oxygens (including phenoxy) is 1. The fourth-order valence-electron chi connectivity index (χ4n) is 3.48. The molecule has 3 aromatic rings. The first-order valence-corrected chi connectivity index (χ1v) is 11.3. The number of unbranched alkanes of at least 4 members (excludes halogenated alkanes) is 1. The number of rotatable bonds is 6. The molecule has 34 heavy (non-hydrogen) atoms. The zero-order chi connectivity index (χ0) is 24.7. The van der Waals surface area contributed by atoms with Gasteiger partial charge in [0.15, 0.2) is 0 Å². The summed E-state index contributed by atoms with van der Waals surface area (Å²) in [6.07, 6.45) is 1.49. The molecule has 0 spiro atoms. The third-order valence-corrected chi connectivity index (χ3v) is 5.14. The van der Waals surface area contributed by atoms with Gasteiger partial charge in [-0.25, -0.2) is 4.79 Å².